The van der Waals surface area contributed by atoms with Gasteiger partial charge in [0.2, 0.25) is 5.91 Å². The van der Waals surface area contributed by atoms with Gasteiger partial charge in [-0.3, -0.25) is 4.79 Å². The predicted molar refractivity (Wildman–Crippen MR) is 133 cm³/mol. The monoisotopic (exact) mass is 478 g/mol. The van der Waals surface area contributed by atoms with Gasteiger partial charge in [-0.15, -0.1) is 11.8 Å². The number of fused-ring (bicyclic) bond motifs is 1. The van der Waals surface area contributed by atoms with Crippen molar-refractivity contribution in [3.05, 3.63) is 107 Å². The van der Waals surface area contributed by atoms with E-state index in [0.29, 0.717) is 10.8 Å². The number of benzene rings is 4. The van der Waals surface area contributed by atoms with E-state index in [1.54, 1.807) is 30.5 Å². The first kappa shape index (κ1) is 22.8. The number of hydrogen-bond donors (Lipinski definition) is 1. The molecule has 0 saturated heterocycles. The van der Waals surface area contributed by atoms with Crippen LogP contribution in [0.1, 0.15) is 11.1 Å². The quantitative estimate of drug-likeness (QED) is 0.180. The Bertz CT molecular complexity index is 1280. The molecule has 0 saturated carbocycles. The van der Waals surface area contributed by atoms with Gasteiger partial charge >= 0.3 is 0 Å². The molecule has 0 bridgehead atoms. The molecule has 0 atom stereocenters. The molecular formula is C26H20ClFN2O2S. The van der Waals surface area contributed by atoms with Gasteiger partial charge < -0.3 is 4.74 Å². The van der Waals surface area contributed by atoms with Gasteiger partial charge in [-0.05, 0) is 58.8 Å². The van der Waals surface area contributed by atoms with E-state index in [9.17, 15) is 9.18 Å². The average molecular weight is 479 g/mol. The second-order valence-electron chi connectivity index (χ2n) is 7.15. The number of amides is 1. The summed E-state index contributed by atoms with van der Waals surface area (Å²) >= 11 is 7.29. The molecule has 0 aromatic heterocycles. The lowest BCUT2D eigenvalue weighted by Gasteiger charge is -2.12. The molecule has 4 aromatic rings. The minimum Gasteiger partial charge on any atom is -0.488 e. The SMILES string of the molecule is O=C(CSc1ccc(Cl)cc1)N/N=C\c1c(OCc2ccc(F)cc2)ccc2ccccc12. The maximum atomic E-state index is 13.2. The van der Waals surface area contributed by atoms with E-state index in [2.05, 4.69) is 10.5 Å². The first-order valence-corrected chi connectivity index (χ1v) is 11.5. The van der Waals surface area contributed by atoms with Gasteiger partial charge in [0.05, 0.1) is 12.0 Å². The Balaban J connectivity index is 1.45. The van der Waals surface area contributed by atoms with Gasteiger partial charge in [0.25, 0.3) is 0 Å². The fraction of sp³-hybridized carbons (Fsp3) is 0.0769. The summed E-state index contributed by atoms with van der Waals surface area (Å²) in [5, 5.41) is 6.78. The van der Waals surface area contributed by atoms with E-state index >= 15 is 0 Å². The van der Waals surface area contributed by atoms with Crippen LogP contribution in [0.3, 0.4) is 0 Å². The van der Waals surface area contributed by atoms with Gasteiger partial charge in [-0.2, -0.15) is 5.10 Å². The molecule has 4 rings (SSSR count). The number of thioether (sulfide) groups is 1. The highest BCUT2D eigenvalue weighted by molar-refractivity contribution is 8.00. The first-order valence-electron chi connectivity index (χ1n) is 10.2. The molecule has 0 aliphatic carbocycles. The number of nitrogens with one attached hydrogen (secondary N) is 1. The highest BCUT2D eigenvalue weighted by Crippen LogP contribution is 2.27. The van der Waals surface area contributed by atoms with E-state index in [1.165, 1.54) is 23.9 Å². The smallest absolute Gasteiger partial charge is 0.250 e. The molecule has 0 unspecified atom stereocenters. The van der Waals surface area contributed by atoms with Crippen LogP contribution in [0, 0.1) is 5.82 Å². The van der Waals surface area contributed by atoms with Gasteiger partial charge in [0.15, 0.2) is 0 Å². The maximum Gasteiger partial charge on any atom is 0.250 e. The highest BCUT2D eigenvalue weighted by atomic mass is 35.5. The van der Waals surface area contributed by atoms with Crippen molar-refractivity contribution in [1.82, 2.24) is 5.43 Å². The van der Waals surface area contributed by atoms with E-state index in [0.717, 1.165) is 26.8 Å². The molecule has 1 amide bonds. The van der Waals surface area contributed by atoms with Crippen molar-refractivity contribution in [2.45, 2.75) is 11.5 Å². The van der Waals surface area contributed by atoms with E-state index in [4.69, 9.17) is 16.3 Å². The third-order valence-electron chi connectivity index (χ3n) is 4.80. The average Bonchev–Trinajstić information content (AvgIpc) is 2.84. The summed E-state index contributed by atoms with van der Waals surface area (Å²) in [7, 11) is 0. The molecule has 0 heterocycles. The lowest BCUT2D eigenvalue weighted by atomic mass is 10.0. The van der Waals surface area contributed by atoms with Crippen molar-refractivity contribution in [1.29, 1.82) is 0 Å². The molecule has 166 valence electrons. The number of carbonyl (C=O) groups is 1. The second-order valence-corrected chi connectivity index (χ2v) is 8.63. The minimum atomic E-state index is -0.290. The van der Waals surface area contributed by atoms with Crippen LogP contribution in [0.4, 0.5) is 4.39 Å². The molecule has 4 nitrogen and oxygen atoms in total. The Morgan fingerprint density at radius 3 is 2.55 bits per heavy atom. The number of nitrogens with zero attached hydrogens (tertiary/aromatic N) is 1. The van der Waals surface area contributed by atoms with Crippen LogP contribution in [0.2, 0.25) is 5.02 Å². The van der Waals surface area contributed by atoms with Crippen molar-refractivity contribution >= 4 is 46.3 Å². The van der Waals surface area contributed by atoms with Gasteiger partial charge in [0, 0.05) is 15.5 Å². The third-order valence-corrected chi connectivity index (χ3v) is 6.07. The largest absolute Gasteiger partial charge is 0.488 e. The van der Waals surface area contributed by atoms with Crippen LogP contribution < -0.4 is 10.2 Å². The Labute approximate surface area is 200 Å². The number of carbonyl (C=O) groups excluding carboxylic acids is 1. The summed E-state index contributed by atoms with van der Waals surface area (Å²) in [6.45, 7) is 0.281. The number of hydrazone groups is 1. The van der Waals surface area contributed by atoms with Crippen molar-refractivity contribution < 1.29 is 13.9 Å². The zero-order valence-electron chi connectivity index (χ0n) is 17.5. The summed E-state index contributed by atoms with van der Waals surface area (Å²) in [5.74, 6) is 0.330. The van der Waals surface area contributed by atoms with Crippen LogP contribution in [0.25, 0.3) is 10.8 Å². The van der Waals surface area contributed by atoms with Crippen LogP contribution in [0.5, 0.6) is 5.75 Å². The molecule has 0 aliphatic rings. The Morgan fingerprint density at radius 2 is 1.76 bits per heavy atom. The minimum absolute atomic E-state index is 0.222. The molecule has 0 radical (unpaired) electrons. The summed E-state index contributed by atoms with van der Waals surface area (Å²) in [6, 6.07) is 25.2. The number of rotatable bonds is 8. The van der Waals surface area contributed by atoms with E-state index in [1.807, 2.05) is 48.5 Å². The molecular weight excluding hydrogens is 459 g/mol. The zero-order valence-corrected chi connectivity index (χ0v) is 19.1. The Kier molecular flexibility index (Phi) is 7.60. The van der Waals surface area contributed by atoms with Crippen LogP contribution in [-0.2, 0) is 11.4 Å². The first-order chi connectivity index (χ1) is 16.1. The molecule has 1 N–H and O–H groups in total. The summed E-state index contributed by atoms with van der Waals surface area (Å²) in [5.41, 5.74) is 4.17. The van der Waals surface area contributed by atoms with Crippen LogP contribution >= 0.6 is 23.4 Å². The topological polar surface area (TPSA) is 50.7 Å². The van der Waals surface area contributed by atoms with Gasteiger partial charge in [-0.1, -0.05) is 54.1 Å². The fourth-order valence-corrected chi connectivity index (χ4v) is 3.97. The van der Waals surface area contributed by atoms with Crippen LogP contribution in [-0.4, -0.2) is 17.9 Å². The van der Waals surface area contributed by atoms with Gasteiger partial charge in [0.1, 0.15) is 18.2 Å². The summed E-state index contributed by atoms with van der Waals surface area (Å²) in [4.78, 5) is 13.2. The Morgan fingerprint density at radius 1 is 1.00 bits per heavy atom. The molecule has 33 heavy (non-hydrogen) atoms. The molecule has 4 aromatic carbocycles. The summed E-state index contributed by atoms with van der Waals surface area (Å²) < 4.78 is 19.2. The Hall–Kier alpha value is -3.35. The highest BCUT2D eigenvalue weighted by Gasteiger charge is 2.09. The number of hydrogen-bond acceptors (Lipinski definition) is 4. The van der Waals surface area contributed by atoms with Gasteiger partial charge in [-0.25, -0.2) is 9.82 Å². The molecule has 0 fully saturated rings. The predicted octanol–water partition coefficient (Wildman–Crippen LogP) is 6.45. The lowest BCUT2D eigenvalue weighted by Crippen LogP contribution is -2.19. The molecule has 7 heteroatoms. The van der Waals surface area contributed by atoms with E-state index < -0.39 is 0 Å². The van der Waals surface area contributed by atoms with Crippen molar-refractivity contribution in [3.8, 4) is 5.75 Å². The summed E-state index contributed by atoms with van der Waals surface area (Å²) in [6.07, 6.45) is 1.59. The van der Waals surface area contributed by atoms with Crippen LogP contribution in [0.15, 0.2) is 94.9 Å². The zero-order chi connectivity index (χ0) is 23.0. The van der Waals surface area contributed by atoms with Crippen molar-refractivity contribution in [2.24, 2.45) is 5.10 Å². The standard InChI is InChI=1S/C26H20ClFN2O2S/c27-20-8-12-22(13-9-20)33-17-26(31)30-29-15-24-23-4-2-1-3-19(23)7-14-25(24)32-16-18-5-10-21(28)11-6-18/h1-15H,16-17H2,(H,30,31)/b29-15-. The maximum absolute atomic E-state index is 13.2. The third kappa shape index (κ3) is 6.34. The number of halogens is 2. The normalized spacial score (nSPS) is 11.1. The fourth-order valence-electron chi connectivity index (χ4n) is 3.16. The van der Waals surface area contributed by atoms with E-state index in [-0.39, 0.29) is 24.1 Å². The van der Waals surface area contributed by atoms with Crippen molar-refractivity contribution in [3.63, 3.8) is 0 Å². The number of ether oxygens (including phenoxy) is 1. The molecule has 0 aliphatic heterocycles. The second kappa shape index (κ2) is 11.0. The molecule has 0 spiro atoms. The lowest BCUT2D eigenvalue weighted by molar-refractivity contribution is -0.118. The van der Waals surface area contributed by atoms with Crippen molar-refractivity contribution in [2.75, 3.05) is 5.75 Å².